The minimum absolute atomic E-state index is 0.308. The van der Waals surface area contributed by atoms with Crippen LogP contribution < -0.4 is 10.5 Å². The molecule has 1 aromatic carbocycles. The van der Waals surface area contributed by atoms with Crippen LogP contribution in [0.4, 0.5) is 0 Å². The Morgan fingerprint density at radius 1 is 1.25 bits per heavy atom. The molecule has 0 radical (unpaired) electrons. The monoisotopic (exact) mass is 296 g/mol. The van der Waals surface area contributed by atoms with Gasteiger partial charge in [0.25, 0.3) is 0 Å². The summed E-state index contributed by atoms with van der Waals surface area (Å²) in [5, 5.41) is 0. The second kappa shape index (κ2) is 5.84. The van der Waals surface area contributed by atoms with E-state index in [2.05, 4.69) is 4.72 Å². The highest BCUT2D eigenvalue weighted by molar-refractivity contribution is 7.89. The molecule has 1 aromatic rings. The van der Waals surface area contributed by atoms with Gasteiger partial charge in [0.2, 0.25) is 10.0 Å². The van der Waals surface area contributed by atoms with E-state index in [9.17, 15) is 8.42 Å². The van der Waals surface area contributed by atoms with E-state index >= 15 is 0 Å². The highest BCUT2D eigenvalue weighted by atomic mass is 32.2. The highest BCUT2D eigenvalue weighted by Crippen LogP contribution is 2.29. The molecule has 0 heterocycles. The molecule has 1 saturated carbocycles. The van der Waals surface area contributed by atoms with Gasteiger partial charge >= 0.3 is 0 Å². The normalized spacial score (nSPS) is 18.9. The van der Waals surface area contributed by atoms with E-state index in [-0.39, 0.29) is 5.54 Å². The molecule has 4 nitrogen and oxygen atoms in total. The van der Waals surface area contributed by atoms with Crippen molar-refractivity contribution in [1.82, 2.24) is 4.72 Å². The molecule has 20 heavy (non-hydrogen) atoms. The van der Waals surface area contributed by atoms with Gasteiger partial charge in [-0.1, -0.05) is 25.3 Å². The fourth-order valence-electron chi connectivity index (χ4n) is 2.88. The molecule has 0 unspecified atom stereocenters. The van der Waals surface area contributed by atoms with E-state index < -0.39 is 10.0 Å². The van der Waals surface area contributed by atoms with Crippen molar-refractivity contribution in [3.63, 3.8) is 0 Å². The third kappa shape index (κ3) is 3.40. The van der Waals surface area contributed by atoms with E-state index in [1.54, 1.807) is 18.2 Å². The lowest BCUT2D eigenvalue weighted by Gasteiger charge is -2.34. The van der Waals surface area contributed by atoms with E-state index in [0.29, 0.717) is 11.4 Å². The fourth-order valence-corrected chi connectivity index (χ4v) is 4.43. The summed E-state index contributed by atoms with van der Waals surface area (Å²) in [4.78, 5) is 0.332. The molecule has 0 amide bonds. The first kappa shape index (κ1) is 15.5. The average Bonchev–Trinajstić information content (AvgIpc) is 2.38. The van der Waals surface area contributed by atoms with Crippen molar-refractivity contribution in [1.29, 1.82) is 0 Å². The number of sulfonamides is 1. The Bertz CT molecular complexity index is 576. The number of aryl methyl sites for hydroxylation is 1. The topological polar surface area (TPSA) is 72.2 Å². The van der Waals surface area contributed by atoms with Crippen LogP contribution in [0.3, 0.4) is 0 Å². The Labute approximate surface area is 121 Å². The van der Waals surface area contributed by atoms with Crippen LogP contribution in [0, 0.1) is 6.92 Å². The van der Waals surface area contributed by atoms with E-state index in [1.807, 2.05) is 13.8 Å². The summed E-state index contributed by atoms with van der Waals surface area (Å²) >= 11 is 0. The minimum Gasteiger partial charge on any atom is -0.326 e. The number of benzene rings is 1. The van der Waals surface area contributed by atoms with Crippen LogP contribution in [-0.2, 0) is 16.6 Å². The molecule has 1 fully saturated rings. The predicted molar refractivity (Wildman–Crippen MR) is 80.9 cm³/mol. The van der Waals surface area contributed by atoms with Crippen LogP contribution in [0.2, 0.25) is 0 Å². The number of nitrogens with one attached hydrogen (secondary N) is 1. The van der Waals surface area contributed by atoms with Crippen LogP contribution in [0.15, 0.2) is 23.1 Å². The molecule has 112 valence electrons. The van der Waals surface area contributed by atoms with Gasteiger partial charge < -0.3 is 5.73 Å². The van der Waals surface area contributed by atoms with Crippen LogP contribution >= 0.6 is 0 Å². The van der Waals surface area contributed by atoms with Gasteiger partial charge in [0.15, 0.2) is 0 Å². The van der Waals surface area contributed by atoms with Gasteiger partial charge in [-0.05, 0) is 49.9 Å². The summed E-state index contributed by atoms with van der Waals surface area (Å²) < 4.78 is 27.9. The first-order valence-corrected chi connectivity index (χ1v) is 8.68. The van der Waals surface area contributed by atoms with Crippen LogP contribution in [-0.4, -0.2) is 14.0 Å². The molecule has 0 spiro atoms. The Morgan fingerprint density at radius 2 is 1.90 bits per heavy atom. The third-order valence-electron chi connectivity index (χ3n) is 4.18. The lowest BCUT2D eigenvalue weighted by atomic mass is 9.84. The number of rotatable bonds is 4. The molecule has 3 N–H and O–H groups in total. The van der Waals surface area contributed by atoms with Crippen molar-refractivity contribution in [2.24, 2.45) is 5.73 Å². The summed E-state index contributed by atoms with van der Waals surface area (Å²) in [5.74, 6) is 0. The maximum atomic E-state index is 12.5. The molecule has 0 saturated heterocycles. The lowest BCUT2D eigenvalue weighted by molar-refractivity contribution is 0.294. The quantitative estimate of drug-likeness (QED) is 0.896. The Balaban J connectivity index is 2.24. The molecular weight excluding hydrogens is 272 g/mol. The zero-order valence-corrected chi connectivity index (χ0v) is 13.1. The third-order valence-corrected chi connectivity index (χ3v) is 5.82. The molecule has 0 bridgehead atoms. The van der Waals surface area contributed by atoms with E-state index in [4.69, 9.17) is 5.73 Å². The molecule has 1 aliphatic rings. The first-order chi connectivity index (χ1) is 9.36. The van der Waals surface area contributed by atoms with Crippen molar-refractivity contribution >= 4 is 10.0 Å². The molecule has 1 aliphatic carbocycles. The zero-order chi connectivity index (χ0) is 14.8. The first-order valence-electron chi connectivity index (χ1n) is 7.20. The summed E-state index contributed by atoms with van der Waals surface area (Å²) in [6.07, 6.45) is 5.19. The van der Waals surface area contributed by atoms with Gasteiger partial charge in [0, 0.05) is 12.1 Å². The molecule has 5 heteroatoms. The average molecular weight is 296 g/mol. The fraction of sp³-hybridized carbons (Fsp3) is 0.600. The van der Waals surface area contributed by atoms with Crippen molar-refractivity contribution < 1.29 is 8.42 Å². The van der Waals surface area contributed by atoms with Gasteiger partial charge in [-0.15, -0.1) is 0 Å². The highest BCUT2D eigenvalue weighted by Gasteiger charge is 2.32. The molecular formula is C15H24N2O2S. The second-order valence-corrected chi connectivity index (χ2v) is 7.70. The summed E-state index contributed by atoms with van der Waals surface area (Å²) in [6, 6.07) is 5.15. The van der Waals surface area contributed by atoms with Gasteiger partial charge in [0.1, 0.15) is 0 Å². The van der Waals surface area contributed by atoms with Gasteiger partial charge in [0.05, 0.1) is 4.90 Å². The van der Waals surface area contributed by atoms with Crippen LogP contribution in [0.5, 0.6) is 0 Å². The van der Waals surface area contributed by atoms with Gasteiger partial charge in [-0.25, -0.2) is 13.1 Å². The van der Waals surface area contributed by atoms with E-state index in [1.165, 1.54) is 6.42 Å². The molecule has 0 aliphatic heterocycles. The van der Waals surface area contributed by atoms with Crippen molar-refractivity contribution in [3.8, 4) is 0 Å². The van der Waals surface area contributed by atoms with Crippen LogP contribution in [0.25, 0.3) is 0 Å². The lowest BCUT2D eigenvalue weighted by Crippen LogP contribution is -2.47. The standard InChI is InChI=1S/C15H24N2O2S/c1-12-10-14(7-6-13(12)11-16)20(18,19)17-15(2)8-4-3-5-9-15/h6-7,10,17H,3-5,8-9,11,16H2,1-2H3. The van der Waals surface area contributed by atoms with Gasteiger partial charge in [-0.2, -0.15) is 0 Å². The molecule has 0 atom stereocenters. The largest absolute Gasteiger partial charge is 0.326 e. The van der Waals surface area contributed by atoms with Crippen molar-refractivity contribution in [3.05, 3.63) is 29.3 Å². The Kier molecular flexibility index (Phi) is 4.52. The predicted octanol–water partition coefficient (Wildman–Crippen LogP) is 2.45. The Hall–Kier alpha value is -0.910. The number of hydrogen-bond acceptors (Lipinski definition) is 3. The molecule has 0 aromatic heterocycles. The maximum Gasteiger partial charge on any atom is 0.241 e. The Morgan fingerprint density at radius 3 is 2.45 bits per heavy atom. The van der Waals surface area contributed by atoms with Crippen molar-refractivity contribution in [2.75, 3.05) is 0 Å². The minimum atomic E-state index is -3.46. The summed E-state index contributed by atoms with van der Waals surface area (Å²) in [7, 11) is -3.46. The number of nitrogens with two attached hydrogens (primary N) is 1. The SMILES string of the molecule is Cc1cc(S(=O)(=O)NC2(C)CCCCC2)ccc1CN. The van der Waals surface area contributed by atoms with Crippen molar-refractivity contribution in [2.45, 2.75) is 62.9 Å². The number of hydrogen-bond donors (Lipinski definition) is 2. The second-order valence-electron chi connectivity index (χ2n) is 6.02. The summed E-state index contributed by atoms with van der Waals surface area (Å²) in [5.41, 5.74) is 7.21. The molecule has 2 rings (SSSR count). The van der Waals surface area contributed by atoms with Crippen LogP contribution in [0.1, 0.15) is 50.2 Å². The zero-order valence-electron chi connectivity index (χ0n) is 12.3. The summed E-state index contributed by atoms with van der Waals surface area (Å²) in [6.45, 7) is 4.33. The van der Waals surface area contributed by atoms with Gasteiger partial charge in [-0.3, -0.25) is 0 Å². The van der Waals surface area contributed by atoms with E-state index in [0.717, 1.165) is 36.8 Å². The smallest absolute Gasteiger partial charge is 0.241 e. The maximum absolute atomic E-state index is 12.5.